The number of hydrogen-bond acceptors (Lipinski definition) is 2. The molecule has 0 aromatic carbocycles. The normalized spacial score (nSPS) is 47.0. The van der Waals surface area contributed by atoms with Crippen LogP contribution in [-0.2, 0) is 9.53 Å². The van der Waals surface area contributed by atoms with Crippen molar-refractivity contribution in [3.05, 3.63) is 0 Å². The molecule has 1 saturated carbocycles. The zero-order valence-corrected chi connectivity index (χ0v) is 7.75. The minimum atomic E-state index is 0.0269. The molecule has 0 aromatic heterocycles. The van der Waals surface area contributed by atoms with Crippen molar-refractivity contribution in [3.63, 3.8) is 0 Å². The van der Waals surface area contributed by atoms with Gasteiger partial charge >= 0.3 is 5.97 Å². The molecule has 2 fully saturated rings. The highest BCUT2D eigenvalue weighted by Crippen LogP contribution is 2.40. The molecule has 0 N–H and O–H groups in total. The number of esters is 1. The molecule has 1 unspecified atom stereocenters. The fraction of sp³-hybridized carbons (Fsp3) is 0.900. The van der Waals surface area contributed by atoms with E-state index in [0.717, 1.165) is 12.3 Å². The molecule has 1 aliphatic carbocycles. The first-order valence-corrected chi connectivity index (χ1v) is 4.89. The summed E-state index contributed by atoms with van der Waals surface area (Å²) in [4.78, 5) is 11.2. The van der Waals surface area contributed by atoms with Crippen molar-refractivity contribution in [3.8, 4) is 0 Å². The van der Waals surface area contributed by atoms with Gasteiger partial charge < -0.3 is 4.74 Å². The Hall–Kier alpha value is -0.530. The Labute approximate surface area is 73.3 Å². The van der Waals surface area contributed by atoms with Crippen LogP contribution in [0.5, 0.6) is 0 Å². The average Bonchev–Trinajstić information content (AvgIpc) is 2.28. The standard InChI is InChI=1S/C10H16O2/c1-6-3-4-8-7(2)10(11)12-9(8)5-6/h6-9H,3-5H2,1-2H3/t6-,7?,8-,9-/m1/s1. The minimum absolute atomic E-state index is 0.0269. The van der Waals surface area contributed by atoms with Crippen LogP contribution in [0.3, 0.4) is 0 Å². The molecule has 1 heterocycles. The van der Waals surface area contributed by atoms with Crippen LogP contribution in [-0.4, -0.2) is 12.1 Å². The first kappa shape index (κ1) is 8.09. The van der Waals surface area contributed by atoms with E-state index in [1.165, 1.54) is 12.8 Å². The van der Waals surface area contributed by atoms with Crippen LogP contribution < -0.4 is 0 Å². The average molecular weight is 168 g/mol. The summed E-state index contributed by atoms with van der Waals surface area (Å²) in [5.41, 5.74) is 0. The Morgan fingerprint density at radius 2 is 2.08 bits per heavy atom. The predicted octanol–water partition coefficient (Wildman–Crippen LogP) is 1.98. The van der Waals surface area contributed by atoms with E-state index in [4.69, 9.17) is 4.74 Å². The van der Waals surface area contributed by atoms with Crippen molar-refractivity contribution in [2.75, 3.05) is 0 Å². The Bertz CT molecular complexity index is 200. The molecule has 0 aromatic rings. The maximum Gasteiger partial charge on any atom is 0.309 e. The zero-order chi connectivity index (χ0) is 8.72. The highest BCUT2D eigenvalue weighted by molar-refractivity contribution is 5.74. The van der Waals surface area contributed by atoms with Gasteiger partial charge in [-0.25, -0.2) is 0 Å². The van der Waals surface area contributed by atoms with Crippen molar-refractivity contribution in [1.82, 2.24) is 0 Å². The van der Waals surface area contributed by atoms with Gasteiger partial charge in [-0.1, -0.05) is 20.3 Å². The highest BCUT2D eigenvalue weighted by atomic mass is 16.6. The molecule has 12 heavy (non-hydrogen) atoms. The molecule has 1 aliphatic heterocycles. The van der Waals surface area contributed by atoms with E-state index in [2.05, 4.69) is 6.92 Å². The fourth-order valence-corrected chi connectivity index (χ4v) is 2.49. The van der Waals surface area contributed by atoms with Crippen LogP contribution in [0.1, 0.15) is 33.1 Å². The third kappa shape index (κ3) is 1.13. The van der Waals surface area contributed by atoms with E-state index in [9.17, 15) is 4.79 Å². The van der Waals surface area contributed by atoms with E-state index in [1.807, 2.05) is 6.92 Å². The quantitative estimate of drug-likeness (QED) is 0.517. The molecule has 4 atom stereocenters. The lowest BCUT2D eigenvalue weighted by Gasteiger charge is -2.28. The van der Waals surface area contributed by atoms with E-state index in [0.29, 0.717) is 5.92 Å². The molecule has 0 radical (unpaired) electrons. The van der Waals surface area contributed by atoms with Gasteiger partial charge in [0.2, 0.25) is 0 Å². The SMILES string of the molecule is CC1C(=O)O[C@@H]2C[C@H](C)CC[C@H]12. The summed E-state index contributed by atoms with van der Waals surface area (Å²) in [6.07, 6.45) is 3.78. The van der Waals surface area contributed by atoms with Crippen molar-refractivity contribution in [1.29, 1.82) is 0 Å². The number of hydrogen-bond donors (Lipinski definition) is 0. The number of carbonyl (C=O) groups excluding carboxylic acids is 1. The second kappa shape index (κ2) is 2.75. The number of rotatable bonds is 0. The third-order valence-electron chi connectivity index (χ3n) is 3.39. The predicted molar refractivity (Wildman–Crippen MR) is 45.5 cm³/mol. The largest absolute Gasteiger partial charge is 0.462 e. The Morgan fingerprint density at radius 1 is 1.33 bits per heavy atom. The van der Waals surface area contributed by atoms with Crippen molar-refractivity contribution in [2.45, 2.75) is 39.2 Å². The van der Waals surface area contributed by atoms with E-state index in [-0.39, 0.29) is 18.0 Å². The molecule has 1 saturated heterocycles. The summed E-state index contributed by atoms with van der Waals surface area (Å²) >= 11 is 0. The molecular formula is C10H16O2. The molecular weight excluding hydrogens is 152 g/mol. The van der Waals surface area contributed by atoms with Crippen molar-refractivity contribution in [2.24, 2.45) is 17.8 Å². The molecule has 68 valence electrons. The maximum atomic E-state index is 11.2. The number of carbonyl (C=O) groups is 1. The molecule has 2 rings (SSSR count). The summed E-state index contributed by atoms with van der Waals surface area (Å²) in [5, 5.41) is 0. The topological polar surface area (TPSA) is 26.3 Å². The van der Waals surface area contributed by atoms with E-state index in [1.54, 1.807) is 0 Å². The Morgan fingerprint density at radius 3 is 2.83 bits per heavy atom. The molecule has 0 bridgehead atoms. The molecule has 2 heteroatoms. The smallest absolute Gasteiger partial charge is 0.309 e. The van der Waals surface area contributed by atoms with Crippen molar-refractivity contribution < 1.29 is 9.53 Å². The van der Waals surface area contributed by atoms with E-state index < -0.39 is 0 Å². The van der Waals surface area contributed by atoms with Gasteiger partial charge in [0.25, 0.3) is 0 Å². The lowest BCUT2D eigenvalue weighted by Crippen LogP contribution is -2.27. The minimum Gasteiger partial charge on any atom is -0.462 e. The molecule has 0 amide bonds. The fourth-order valence-electron chi connectivity index (χ4n) is 2.49. The van der Waals surface area contributed by atoms with Crippen molar-refractivity contribution >= 4 is 5.97 Å². The second-order valence-electron chi connectivity index (χ2n) is 4.35. The maximum absolute atomic E-state index is 11.2. The van der Waals surface area contributed by atoms with Crippen LogP contribution in [0.15, 0.2) is 0 Å². The highest BCUT2D eigenvalue weighted by Gasteiger charge is 2.43. The van der Waals surface area contributed by atoms with E-state index >= 15 is 0 Å². The molecule has 2 nitrogen and oxygen atoms in total. The summed E-state index contributed by atoms with van der Waals surface area (Å²) in [6, 6.07) is 0. The monoisotopic (exact) mass is 168 g/mol. The summed E-state index contributed by atoms with van der Waals surface area (Å²) in [7, 11) is 0. The summed E-state index contributed by atoms with van der Waals surface area (Å²) in [5.74, 6) is 1.44. The lowest BCUT2D eigenvalue weighted by molar-refractivity contribution is -0.144. The van der Waals surface area contributed by atoms with Gasteiger partial charge in [0, 0.05) is 5.92 Å². The Kier molecular flexibility index (Phi) is 1.85. The number of fused-ring (bicyclic) bond motifs is 1. The first-order chi connectivity index (χ1) is 5.68. The van der Waals surface area contributed by atoms with Crippen LogP contribution in [0.4, 0.5) is 0 Å². The molecule has 0 spiro atoms. The van der Waals surface area contributed by atoms with Gasteiger partial charge in [-0.15, -0.1) is 0 Å². The third-order valence-corrected chi connectivity index (χ3v) is 3.39. The van der Waals surface area contributed by atoms with Crippen LogP contribution in [0.2, 0.25) is 0 Å². The van der Waals surface area contributed by atoms with Crippen LogP contribution in [0, 0.1) is 17.8 Å². The molecule has 2 aliphatic rings. The summed E-state index contributed by atoms with van der Waals surface area (Å²) in [6.45, 7) is 4.25. The van der Waals surface area contributed by atoms with Gasteiger partial charge in [-0.05, 0) is 18.8 Å². The number of ether oxygens (including phenoxy) is 1. The summed E-state index contributed by atoms with van der Waals surface area (Å²) < 4.78 is 5.31. The zero-order valence-electron chi connectivity index (χ0n) is 7.75. The van der Waals surface area contributed by atoms with Gasteiger partial charge in [0.1, 0.15) is 6.10 Å². The van der Waals surface area contributed by atoms with Gasteiger partial charge in [0.15, 0.2) is 0 Å². The first-order valence-electron chi connectivity index (χ1n) is 4.89. The van der Waals surface area contributed by atoms with Crippen LogP contribution >= 0.6 is 0 Å². The van der Waals surface area contributed by atoms with Gasteiger partial charge in [-0.3, -0.25) is 4.79 Å². The Balaban J connectivity index is 2.09. The second-order valence-corrected chi connectivity index (χ2v) is 4.35. The van der Waals surface area contributed by atoms with Gasteiger partial charge in [-0.2, -0.15) is 0 Å². The lowest BCUT2D eigenvalue weighted by atomic mass is 9.77. The van der Waals surface area contributed by atoms with Gasteiger partial charge in [0.05, 0.1) is 5.92 Å². The van der Waals surface area contributed by atoms with Crippen LogP contribution in [0.25, 0.3) is 0 Å².